The molecule has 0 bridgehead atoms. The van der Waals surface area contributed by atoms with Gasteiger partial charge < -0.3 is 10.1 Å². The first-order valence-electron chi connectivity index (χ1n) is 8.13. The number of nitrogens with zero attached hydrogens (tertiary/aromatic N) is 1. The molecule has 0 unspecified atom stereocenters. The van der Waals surface area contributed by atoms with Crippen molar-refractivity contribution in [2.24, 2.45) is 5.10 Å². The predicted octanol–water partition coefficient (Wildman–Crippen LogP) is 3.53. The summed E-state index contributed by atoms with van der Waals surface area (Å²) in [4.78, 5) is 23.7. The highest BCUT2D eigenvalue weighted by Gasteiger charge is 2.14. The second-order valence-electron chi connectivity index (χ2n) is 5.53. The van der Waals surface area contributed by atoms with Gasteiger partial charge in [0.2, 0.25) is 0 Å². The number of rotatable bonds is 6. The van der Waals surface area contributed by atoms with E-state index in [1.54, 1.807) is 37.3 Å². The van der Waals surface area contributed by atoms with Crippen LogP contribution in [0.25, 0.3) is 0 Å². The van der Waals surface area contributed by atoms with E-state index in [9.17, 15) is 9.59 Å². The van der Waals surface area contributed by atoms with Gasteiger partial charge in [0.25, 0.3) is 0 Å². The van der Waals surface area contributed by atoms with Gasteiger partial charge in [0.05, 0.1) is 12.8 Å². The zero-order valence-electron chi connectivity index (χ0n) is 14.6. The number of carbonyl (C=O) groups excluding carboxylic acids is 2. The molecule has 0 atom stereocenters. The number of halogens is 1. The lowest BCUT2D eigenvalue weighted by atomic mass is 10.2. The van der Waals surface area contributed by atoms with E-state index in [1.807, 2.05) is 19.1 Å². The summed E-state index contributed by atoms with van der Waals surface area (Å²) in [7, 11) is 0. The maximum atomic E-state index is 11.9. The molecule has 0 saturated heterocycles. The van der Waals surface area contributed by atoms with E-state index in [0.29, 0.717) is 17.3 Å². The van der Waals surface area contributed by atoms with E-state index in [1.165, 1.54) is 6.21 Å². The molecule has 0 aliphatic rings. The van der Waals surface area contributed by atoms with E-state index < -0.39 is 11.8 Å². The van der Waals surface area contributed by atoms with Gasteiger partial charge in [0, 0.05) is 10.7 Å². The van der Waals surface area contributed by atoms with Crippen LogP contribution in [-0.4, -0.2) is 24.6 Å². The van der Waals surface area contributed by atoms with Crippen LogP contribution in [-0.2, 0) is 9.59 Å². The number of anilines is 1. The van der Waals surface area contributed by atoms with Crippen molar-refractivity contribution in [1.29, 1.82) is 0 Å². The highest BCUT2D eigenvalue weighted by molar-refractivity contribution is 6.40. The number of carbonyl (C=O) groups is 2. The zero-order valence-corrected chi connectivity index (χ0v) is 15.3. The third-order valence-corrected chi connectivity index (χ3v) is 3.62. The van der Waals surface area contributed by atoms with Gasteiger partial charge in [-0.3, -0.25) is 9.59 Å². The van der Waals surface area contributed by atoms with Crippen molar-refractivity contribution in [2.45, 2.75) is 20.3 Å². The smallest absolute Gasteiger partial charge is 0.329 e. The van der Waals surface area contributed by atoms with Crippen molar-refractivity contribution in [1.82, 2.24) is 5.43 Å². The Balaban J connectivity index is 1.88. The molecule has 26 heavy (non-hydrogen) atoms. The average molecular weight is 374 g/mol. The summed E-state index contributed by atoms with van der Waals surface area (Å²) in [6.07, 6.45) is 2.38. The zero-order chi connectivity index (χ0) is 18.9. The Hall–Kier alpha value is -2.86. The summed E-state index contributed by atoms with van der Waals surface area (Å²) in [5.74, 6) is -0.927. The molecular weight excluding hydrogens is 354 g/mol. The van der Waals surface area contributed by atoms with Gasteiger partial charge in [-0.1, -0.05) is 24.6 Å². The molecule has 7 heteroatoms. The lowest BCUT2D eigenvalue weighted by molar-refractivity contribution is -0.136. The first-order chi connectivity index (χ1) is 12.5. The van der Waals surface area contributed by atoms with Crippen molar-refractivity contribution in [2.75, 3.05) is 11.9 Å². The number of amides is 2. The average Bonchev–Trinajstić information content (AvgIpc) is 2.64. The van der Waals surface area contributed by atoms with Crippen LogP contribution in [0.3, 0.4) is 0 Å². The number of benzene rings is 2. The van der Waals surface area contributed by atoms with E-state index in [2.05, 4.69) is 15.8 Å². The van der Waals surface area contributed by atoms with Crippen molar-refractivity contribution in [3.63, 3.8) is 0 Å². The highest BCUT2D eigenvalue weighted by atomic mass is 35.5. The second-order valence-corrected chi connectivity index (χ2v) is 5.97. The van der Waals surface area contributed by atoms with Crippen molar-refractivity contribution in [3.05, 3.63) is 58.6 Å². The van der Waals surface area contributed by atoms with E-state index in [-0.39, 0.29) is 0 Å². The van der Waals surface area contributed by atoms with Crippen molar-refractivity contribution in [3.8, 4) is 5.75 Å². The summed E-state index contributed by atoms with van der Waals surface area (Å²) in [6.45, 7) is 4.49. The molecule has 0 aliphatic heterocycles. The Kier molecular flexibility index (Phi) is 7.17. The maximum absolute atomic E-state index is 11.9. The van der Waals surface area contributed by atoms with Crippen LogP contribution in [0, 0.1) is 6.92 Å². The first-order valence-corrected chi connectivity index (χ1v) is 8.50. The minimum atomic E-state index is -0.872. The molecule has 2 aromatic carbocycles. The molecule has 0 spiro atoms. The van der Waals surface area contributed by atoms with Gasteiger partial charge in [0.1, 0.15) is 5.75 Å². The van der Waals surface area contributed by atoms with E-state index in [4.69, 9.17) is 16.3 Å². The molecule has 2 amide bonds. The topological polar surface area (TPSA) is 79.8 Å². The fourth-order valence-electron chi connectivity index (χ4n) is 1.99. The number of aryl methyl sites for hydroxylation is 1. The lowest BCUT2D eigenvalue weighted by Gasteiger charge is -2.07. The Labute approximate surface area is 157 Å². The monoisotopic (exact) mass is 373 g/mol. The molecule has 136 valence electrons. The van der Waals surface area contributed by atoms with E-state index >= 15 is 0 Å². The fraction of sp³-hybridized carbons (Fsp3) is 0.211. The molecule has 0 saturated carbocycles. The number of hydrogen-bond acceptors (Lipinski definition) is 4. The van der Waals surface area contributed by atoms with Crippen LogP contribution >= 0.6 is 11.6 Å². The van der Waals surface area contributed by atoms with Crippen LogP contribution in [0.5, 0.6) is 5.75 Å². The Morgan fingerprint density at radius 1 is 1.15 bits per heavy atom. The third-order valence-electron chi connectivity index (χ3n) is 3.39. The van der Waals surface area contributed by atoms with Crippen LogP contribution in [0.15, 0.2) is 47.6 Å². The van der Waals surface area contributed by atoms with Crippen LogP contribution in [0.4, 0.5) is 5.69 Å². The van der Waals surface area contributed by atoms with Gasteiger partial charge in [-0.2, -0.15) is 5.10 Å². The molecule has 0 radical (unpaired) electrons. The summed E-state index contributed by atoms with van der Waals surface area (Å²) in [5, 5.41) is 6.75. The number of ether oxygens (including phenoxy) is 1. The standard InChI is InChI=1S/C19H20ClN3O3/c1-3-10-26-16-8-5-14(6-9-16)12-21-23-19(25)18(24)22-17-11-15(20)7-4-13(17)2/h4-9,11-12H,3,10H2,1-2H3,(H,22,24)(H,23,25)/b21-12-. The number of nitrogens with one attached hydrogen (secondary N) is 2. The summed E-state index contributed by atoms with van der Waals surface area (Å²) in [5.41, 5.74) is 4.22. The Morgan fingerprint density at radius 2 is 1.88 bits per heavy atom. The number of hydrazone groups is 1. The summed E-state index contributed by atoms with van der Waals surface area (Å²) >= 11 is 5.89. The summed E-state index contributed by atoms with van der Waals surface area (Å²) in [6, 6.07) is 12.3. The van der Waals surface area contributed by atoms with Gasteiger partial charge in [-0.25, -0.2) is 5.43 Å². The van der Waals surface area contributed by atoms with Gasteiger partial charge in [-0.15, -0.1) is 0 Å². The largest absolute Gasteiger partial charge is 0.494 e. The fourth-order valence-corrected chi connectivity index (χ4v) is 2.17. The molecule has 2 aromatic rings. The summed E-state index contributed by atoms with van der Waals surface area (Å²) < 4.78 is 5.48. The van der Waals surface area contributed by atoms with E-state index in [0.717, 1.165) is 23.3 Å². The highest BCUT2D eigenvalue weighted by Crippen LogP contribution is 2.19. The minimum Gasteiger partial charge on any atom is -0.494 e. The molecule has 0 heterocycles. The molecule has 0 aromatic heterocycles. The van der Waals surface area contributed by atoms with Gasteiger partial charge >= 0.3 is 11.8 Å². The van der Waals surface area contributed by atoms with Gasteiger partial charge in [0.15, 0.2) is 0 Å². The van der Waals surface area contributed by atoms with Crippen LogP contribution in [0.2, 0.25) is 5.02 Å². The molecule has 2 rings (SSSR count). The van der Waals surface area contributed by atoms with Crippen molar-refractivity contribution >= 4 is 35.3 Å². The Morgan fingerprint density at radius 3 is 2.58 bits per heavy atom. The predicted molar refractivity (Wildman–Crippen MR) is 103 cm³/mol. The molecule has 0 fully saturated rings. The maximum Gasteiger partial charge on any atom is 0.329 e. The van der Waals surface area contributed by atoms with Crippen LogP contribution in [0.1, 0.15) is 24.5 Å². The van der Waals surface area contributed by atoms with Gasteiger partial charge in [-0.05, 0) is 60.9 Å². The molecule has 0 aliphatic carbocycles. The minimum absolute atomic E-state index is 0.468. The Bertz CT molecular complexity index is 804. The van der Waals surface area contributed by atoms with Crippen LogP contribution < -0.4 is 15.5 Å². The van der Waals surface area contributed by atoms with Crippen molar-refractivity contribution < 1.29 is 14.3 Å². The molecular formula is C19H20ClN3O3. The normalized spacial score (nSPS) is 10.6. The lowest BCUT2D eigenvalue weighted by Crippen LogP contribution is -2.32. The molecule has 2 N–H and O–H groups in total. The first kappa shape index (κ1) is 19.5. The molecule has 6 nitrogen and oxygen atoms in total. The SMILES string of the molecule is CCCOc1ccc(/C=N\NC(=O)C(=O)Nc2cc(Cl)ccc2C)cc1. The second kappa shape index (κ2) is 9.58. The number of hydrogen-bond donors (Lipinski definition) is 2. The third kappa shape index (κ3) is 5.89. The quantitative estimate of drug-likeness (QED) is 0.462.